The number of sulfonamides is 1. The minimum Gasteiger partial charge on any atom is -0.340 e. The molecule has 3 atom stereocenters. The number of Topliss-reactive ketones (excluding diaryl/α,β-unsaturated/α-hetero) is 1. The third kappa shape index (κ3) is 4.95. The van der Waals surface area contributed by atoms with Crippen molar-refractivity contribution in [1.29, 1.82) is 0 Å². The van der Waals surface area contributed by atoms with Crippen LogP contribution in [0, 0.1) is 5.92 Å². The quantitative estimate of drug-likeness (QED) is 0.457. The molecule has 3 unspecified atom stereocenters. The van der Waals surface area contributed by atoms with Crippen molar-refractivity contribution in [1.82, 2.24) is 19.5 Å². The standard InChI is InChI=1S/C29H32N4O5S2/c34-25-17-33(40(37,38)20-9-6-13-30-16-20)24-12-14-32(27(24)25)29(36)23(15-19-7-2-1-3-8-19)31-28(35)22-18-39-26-11-5-4-10-21(22)26/h4-6,9-11,13,16,18-19,23-24,27H,1-3,7-8,12,14-15,17H2,(H,31,35). The molecule has 40 heavy (non-hydrogen) atoms. The molecule has 9 nitrogen and oxygen atoms in total. The van der Waals surface area contributed by atoms with Crippen LogP contribution in [0.4, 0.5) is 0 Å². The topological polar surface area (TPSA) is 117 Å². The minimum absolute atomic E-state index is 0.0265. The van der Waals surface area contributed by atoms with E-state index >= 15 is 0 Å². The van der Waals surface area contributed by atoms with E-state index in [9.17, 15) is 22.8 Å². The number of likely N-dealkylation sites (tertiary alicyclic amines) is 1. The Morgan fingerprint density at radius 1 is 1.07 bits per heavy atom. The third-order valence-corrected chi connectivity index (χ3v) is 11.3. The van der Waals surface area contributed by atoms with E-state index < -0.39 is 28.1 Å². The lowest BCUT2D eigenvalue weighted by Gasteiger charge is -2.31. The molecule has 210 valence electrons. The summed E-state index contributed by atoms with van der Waals surface area (Å²) in [6.07, 6.45) is 9.01. The fraction of sp³-hybridized carbons (Fsp3) is 0.448. The number of benzene rings is 1. The molecule has 0 bridgehead atoms. The maximum absolute atomic E-state index is 14.1. The Morgan fingerprint density at radius 2 is 1.88 bits per heavy atom. The first kappa shape index (κ1) is 27.0. The number of rotatable bonds is 7. The molecule has 11 heteroatoms. The van der Waals surface area contributed by atoms with E-state index in [2.05, 4.69) is 10.3 Å². The van der Waals surface area contributed by atoms with Crippen molar-refractivity contribution >= 4 is 49.0 Å². The highest BCUT2D eigenvalue weighted by Gasteiger charge is 2.54. The van der Waals surface area contributed by atoms with E-state index in [1.807, 2.05) is 29.6 Å². The lowest BCUT2D eigenvalue weighted by atomic mass is 9.84. The maximum atomic E-state index is 14.1. The van der Waals surface area contributed by atoms with Gasteiger partial charge in [-0.2, -0.15) is 4.31 Å². The van der Waals surface area contributed by atoms with Crippen molar-refractivity contribution in [2.45, 2.75) is 68.0 Å². The monoisotopic (exact) mass is 580 g/mol. The van der Waals surface area contributed by atoms with Gasteiger partial charge in [0.2, 0.25) is 15.9 Å². The summed E-state index contributed by atoms with van der Waals surface area (Å²) in [6.45, 7) is -0.0196. The van der Waals surface area contributed by atoms with Gasteiger partial charge in [-0.15, -0.1) is 11.3 Å². The van der Waals surface area contributed by atoms with Crippen LogP contribution >= 0.6 is 11.3 Å². The molecule has 3 fully saturated rings. The molecule has 3 aliphatic rings. The number of hydrogen-bond donors (Lipinski definition) is 1. The van der Waals surface area contributed by atoms with Crippen molar-refractivity contribution in [3.63, 3.8) is 0 Å². The number of fused-ring (bicyclic) bond motifs is 2. The van der Waals surface area contributed by atoms with Gasteiger partial charge in [-0.25, -0.2) is 8.42 Å². The van der Waals surface area contributed by atoms with Gasteiger partial charge in [0.25, 0.3) is 5.91 Å². The van der Waals surface area contributed by atoms with Crippen LogP contribution in [-0.2, 0) is 19.6 Å². The van der Waals surface area contributed by atoms with Crippen molar-refractivity contribution in [3.05, 3.63) is 59.7 Å². The van der Waals surface area contributed by atoms with Gasteiger partial charge in [-0.05, 0) is 37.0 Å². The van der Waals surface area contributed by atoms with Crippen LogP contribution in [0.25, 0.3) is 10.1 Å². The zero-order chi connectivity index (χ0) is 27.9. The number of hydrogen-bond acceptors (Lipinski definition) is 7. The SMILES string of the molecule is O=C(NC(CC1CCCCC1)C(=O)N1CCC2C1C(=O)CN2S(=O)(=O)c1cccnc1)c1csc2ccccc12. The smallest absolute Gasteiger partial charge is 0.253 e. The summed E-state index contributed by atoms with van der Waals surface area (Å²) >= 11 is 1.48. The summed E-state index contributed by atoms with van der Waals surface area (Å²) in [4.78, 5) is 46.3. The Bertz CT molecular complexity index is 1530. The van der Waals surface area contributed by atoms with Crippen molar-refractivity contribution in [2.24, 2.45) is 5.92 Å². The maximum Gasteiger partial charge on any atom is 0.253 e. The minimum atomic E-state index is -3.94. The number of aromatic nitrogens is 1. The van der Waals surface area contributed by atoms with Gasteiger partial charge in [0, 0.05) is 34.4 Å². The van der Waals surface area contributed by atoms with E-state index in [1.54, 1.807) is 6.07 Å². The second-order valence-electron chi connectivity index (χ2n) is 10.9. The Morgan fingerprint density at radius 3 is 2.65 bits per heavy atom. The van der Waals surface area contributed by atoms with Crippen LogP contribution in [-0.4, -0.2) is 71.4 Å². The molecule has 2 aliphatic heterocycles. The molecule has 4 heterocycles. The fourth-order valence-corrected chi connectivity index (χ4v) is 9.07. The highest BCUT2D eigenvalue weighted by Crippen LogP contribution is 2.35. The van der Waals surface area contributed by atoms with E-state index in [0.29, 0.717) is 24.3 Å². The van der Waals surface area contributed by atoms with Crippen LogP contribution in [0.2, 0.25) is 0 Å². The Labute approximate surface area is 237 Å². The summed E-state index contributed by atoms with van der Waals surface area (Å²) in [5, 5.41) is 5.68. The summed E-state index contributed by atoms with van der Waals surface area (Å²) < 4.78 is 28.9. The summed E-state index contributed by atoms with van der Waals surface area (Å²) in [5.74, 6) is -0.599. The highest BCUT2D eigenvalue weighted by atomic mass is 32.2. The molecule has 1 saturated carbocycles. The number of nitrogens with one attached hydrogen (secondary N) is 1. The average Bonchev–Trinajstić information content (AvgIpc) is 3.69. The predicted octanol–water partition coefficient (Wildman–Crippen LogP) is 3.61. The summed E-state index contributed by atoms with van der Waals surface area (Å²) in [5.41, 5.74) is 0.534. The Balaban J connectivity index is 1.25. The van der Waals surface area contributed by atoms with E-state index in [-0.39, 0.29) is 35.6 Å². The Kier molecular flexibility index (Phi) is 7.45. The molecule has 0 radical (unpaired) electrons. The lowest BCUT2D eigenvalue weighted by Crippen LogP contribution is -2.53. The molecule has 2 amide bonds. The normalized spacial score (nSPS) is 22.9. The van der Waals surface area contributed by atoms with E-state index in [0.717, 1.165) is 35.8 Å². The van der Waals surface area contributed by atoms with E-state index in [4.69, 9.17) is 0 Å². The lowest BCUT2D eigenvalue weighted by molar-refractivity contribution is -0.138. The summed E-state index contributed by atoms with van der Waals surface area (Å²) in [7, 11) is -3.94. The number of carbonyl (C=O) groups is 3. The number of carbonyl (C=O) groups excluding carboxylic acids is 3. The molecule has 3 aromatic rings. The van der Waals surface area contributed by atoms with E-state index in [1.165, 1.54) is 45.4 Å². The fourth-order valence-electron chi connectivity index (χ4n) is 6.54. The van der Waals surface area contributed by atoms with Crippen molar-refractivity contribution in [3.8, 4) is 0 Å². The predicted molar refractivity (Wildman–Crippen MR) is 151 cm³/mol. The van der Waals surface area contributed by atoms with Crippen molar-refractivity contribution < 1.29 is 22.8 Å². The Hall–Kier alpha value is -3.15. The first-order chi connectivity index (χ1) is 19.3. The summed E-state index contributed by atoms with van der Waals surface area (Å²) in [6, 6.07) is 8.41. The van der Waals surface area contributed by atoms with Crippen molar-refractivity contribution in [2.75, 3.05) is 13.1 Å². The number of nitrogens with zero attached hydrogens (tertiary/aromatic N) is 3. The molecule has 1 aromatic carbocycles. The van der Waals surface area contributed by atoms with Crippen LogP contribution in [0.3, 0.4) is 0 Å². The second-order valence-corrected chi connectivity index (χ2v) is 13.8. The average molecular weight is 581 g/mol. The molecular formula is C29H32N4O5S2. The molecular weight excluding hydrogens is 548 g/mol. The first-order valence-electron chi connectivity index (χ1n) is 13.9. The number of ketones is 1. The molecule has 1 N–H and O–H groups in total. The van der Waals surface area contributed by atoms with Gasteiger partial charge >= 0.3 is 0 Å². The van der Waals surface area contributed by atoms with Gasteiger partial charge < -0.3 is 10.2 Å². The molecule has 2 saturated heterocycles. The first-order valence-corrected chi connectivity index (χ1v) is 16.2. The third-order valence-electron chi connectivity index (χ3n) is 8.52. The van der Waals surface area contributed by atoms with Gasteiger partial charge in [0.15, 0.2) is 5.78 Å². The highest BCUT2D eigenvalue weighted by molar-refractivity contribution is 7.89. The van der Waals surface area contributed by atoms with Crippen LogP contribution in [0.5, 0.6) is 0 Å². The van der Waals surface area contributed by atoms with Crippen LogP contribution in [0.1, 0.15) is 55.3 Å². The van der Waals surface area contributed by atoms with Gasteiger partial charge in [-0.1, -0.05) is 50.3 Å². The zero-order valence-corrected chi connectivity index (χ0v) is 23.7. The second kappa shape index (κ2) is 11.0. The largest absolute Gasteiger partial charge is 0.340 e. The number of amides is 2. The van der Waals surface area contributed by atoms with Gasteiger partial charge in [0.05, 0.1) is 18.2 Å². The van der Waals surface area contributed by atoms with Gasteiger partial charge in [0.1, 0.15) is 17.0 Å². The zero-order valence-electron chi connectivity index (χ0n) is 22.1. The molecule has 1 aliphatic carbocycles. The molecule has 6 rings (SSSR count). The van der Waals surface area contributed by atoms with Gasteiger partial charge in [-0.3, -0.25) is 19.4 Å². The molecule has 2 aromatic heterocycles. The number of thiophene rings is 1. The van der Waals surface area contributed by atoms with Crippen LogP contribution in [0.15, 0.2) is 59.1 Å². The van der Waals surface area contributed by atoms with Crippen LogP contribution < -0.4 is 5.32 Å². The number of pyridine rings is 1. The molecule has 0 spiro atoms.